The van der Waals surface area contributed by atoms with Crippen LogP contribution in [0.4, 0.5) is 0 Å². The summed E-state index contributed by atoms with van der Waals surface area (Å²) in [7, 11) is 0. The Balaban J connectivity index is 3.13. The highest BCUT2D eigenvalue weighted by atomic mass is 35.5. The molecule has 1 aromatic carbocycles. The van der Waals surface area contributed by atoms with Crippen LogP contribution >= 0.6 is 11.6 Å². The molecule has 0 saturated carbocycles. The van der Waals surface area contributed by atoms with Gasteiger partial charge in [0.2, 0.25) is 0 Å². The first-order valence-corrected chi connectivity index (χ1v) is 4.96. The Morgan fingerprint density at radius 2 is 2.21 bits per heavy atom. The molecule has 1 rings (SSSR count). The van der Waals surface area contributed by atoms with Crippen molar-refractivity contribution in [2.45, 2.75) is 25.6 Å². The molecule has 0 bridgehead atoms. The highest BCUT2D eigenvalue weighted by Gasteiger charge is 2.16. The number of carbonyl (C=O) groups excluding carboxylic acids is 1. The van der Waals surface area contributed by atoms with Gasteiger partial charge in [-0.05, 0) is 36.6 Å². The third kappa shape index (κ3) is 2.26. The summed E-state index contributed by atoms with van der Waals surface area (Å²) in [6.45, 7) is 3.42. The molecular formula is C11H13ClO2. The first-order chi connectivity index (χ1) is 6.56. The lowest BCUT2D eigenvalue weighted by Crippen LogP contribution is -2.04. The van der Waals surface area contributed by atoms with Crippen LogP contribution in [0.2, 0.25) is 0 Å². The third-order valence-corrected chi connectivity index (χ3v) is 2.68. The topological polar surface area (TPSA) is 37.3 Å². The fourth-order valence-electron chi connectivity index (χ4n) is 1.36. The summed E-state index contributed by atoms with van der Waals surface area (Å²) in [4.78, 5) is 11.1. The minimum absolute atomic E-state index is 0.0768. The number of halogens is 1. The molecule has 76 valence electrons. The molecule has 1 atom stereocenters. The number of aryl methyl sites for hydroxylation is 1. The van der Waals surface area contributed by atoms with Gasteiger partial charge in [0.05, 0.1) is 0 Å². The van der Waals surface area contributed by atoms with Crippen molar-refractivity contribution >= 4 is 17.4 Å². The van der Waals surface area contributed by atoms with Crippen LogP contribution in [0, 0.1) is 0 Å². The average Bonchev–Trinajstić information content (AvgIpc) is 2.16. The van der Waals surface area contributed by atoms with Crippen molar-refractivity contribution in [2.75, 3.05) is 0 Å². The molecule has 1 aromatic rings. The van der Waals surface area contributed by atoms with E-state index in [2.05, 4.69) is 0 Å². The van der Waals surface area contributed by atoms with Crippen molar-refractivity contribution < 1.29 is 9.90 Å². The van der Waals surface area contributed by atoms with Gasteiger partial charge in [-0.1, -0.05) is 13.0 Å². The average molecular weight is 213 g/mol. The second kappa shape index (κ2) is 4.47. The molecule has 0 saturated heterocycles. The quantitative estimate of drug-likeness (QED) is 0.783. The van der Waals surface area contributed by atoms with E-state index < -0.39 is 5.38 Å². The predicted octanol–water partition coefficient (Wildman–Crippen LogP) is 2.82. The van der Waals surface area contributed by atoms with E-state index in [0.29, 0.717) is 0 Å². The molecule has 14 heavy (non-hydrogen) atoms. The van der Waals surface area contributed by atoms with Crippen molar-refractivity contribution in [3.63, 3.8) is 0 Å². The molecule has 0 amide bonds. The van der Waals surface area contributed by atoms with Crippen molar-refractivity contribution in [1.29, 1.82) is 0 Å². The zero-order valence-electron chi connectivity index (χ0n) is 8.25. The number of rotatable bonds is 3. The van der Waals surface area contributed by atoms with Crippen molar-refractivity contribution in [3.05, 3.63) is 29.3 Å². The minimum Gasteiger partial charge on any atom is -0.508 e. The Morgan fingerprint density at radius 1 is 1.57 bits per heavy atom. The van der Waals surface area contributed by atoms with Crippen molar-refractivity contribution in [1.82, 2.24) is 0 Å². The number of carbonyl (C=O) groups is 1. The van der Waals surface area contributed by atoms with Crippen LogP contribution in [-0.2, 0) is 11.2 Å². The molecule has 0 radical (unpaired) electrons. The summed E-state index contributed by atoms with van der Waals surface area (Å²) in [6.07, 6.45) is 0.750. The molecule has 0 heterocycles. The Labute approximate surface area is 88.5 Å². The second-order valence-corrected chi connectivity index (χ2v) is 3.65. The second-order valence-electron chi connectivity index (χ2n) is 3.21. The number of hydrogen-bond donors (Lipinski definition) is 1. The standard InChI is InChI=1S/C11H13ClO2/c1-3-8-6-9(14)4-5-10(8)11(12)7(2)13/h4-6,11,14H,3H2,1-2H3. The Bertz CT molecular complexity index is 347. The van der Waals surface area contributed by atoms with Gasteiger partial charge in [-0.25, -0.2) is 0 Å². The monoisotopic (exact) mass is 212 g/mol. The molecule has 1 unspecified atom stereocenters. The van der Waals surface area contributed by atoms with Crippen LogP contribution in [0.3, 0.4) is 0 Å². The summed E-state index contributed by atoms with van der Waals surface area (Å²) in [6, 6.07) is 4.90. The Morgan fingerprint density at radius 3 is 2.71 bits per heavy atom. The normalized spacial score (nSPS) is 12.5. The van der Waals surface area contributed by atoms with Crippen LogP contribution in [0.25, 0.3) is 0 Å². The summed E-state index contributed by atoms with van der Waals surface area (Å²) >= 11 is 5.95. The zero-order chi connectivity index (χ0) is 10.7. The fourth-order valence-corrected chi connectivity index (χ4v) is 1.58. The molecule has 0 fully saturated rings. The van der Waals surface area contributed by atoms with Crippen LogP contribution < -0.4 is 0 Å². The van der Waals surface area contributed by atoms with Gasteiger partial charge >= 0.3 is 0 Å². The first-order valence-electron chi connectivity index (χ1n) is 4.52. The van der Waals surface area contributed by atoms with E-state index in [9.17, 15) is 9.90 Å². The smallest absolute Gasteiger partial charge is 0.152 e. The molecule has 3 heteroatoms. The summed E-state index contributed by atoms with van der Waals surface area (Å²) in [5.74, 6) is 0.130. The molecule has 1 N–H and O–H groups in total. The largest absolute Gasteiger partial charge is 0.508 e. The Kier molecular flexibility index (Phi) is 3.53. The van der Waals surface area contributed by atoms with Crippen molar-refractivity contribution in [2.24, 2.45) is 0 Å². The Hall–Kier alpha value is -1.02. The molecule has 2 nitrogen and oxygen atoms in total. The molecule has 0 spiro atoms. The zero-order valence-corrected chi connectivity index (χ0v) is 9.01. The van der Waals surface area contributed by atoms with E-state index in [1.807, 2.05) is 6.92 Å². The number of phenolic OH excluding ortho intramolecular Hbond substituents is 1. The molecule has 0 aliphatic heterocycles. The van der Waals surface area contributed by atoms with Gasteiger partial charge in [0, 0.05) is 0 Å². The maximum Gasteiger partial charge on any atom is 0.152 e. The van der Waals surface area contributed by atoms with E-state index in [0.717, 1.165) is 17.5 Å². The third-order valence-electron chi connectivity index (χ3n) is 2.14. The number of ketones is 1. The number of aromatic hydroxyl groups is 1. The predicted molar refractivity (Wildman–Crippen MR) is 56.8 cm³/mol. The van der Waals surface area contributed by atoms with Crippen LogP contribution in [0.5, 0.6) is 5.75 Å². The number of alkyl halides is 1. The van der Waals surface area contributed by atoms with Crippen LogP contribution in [0.1, 0.15) is 30.4 Å². The fraction of sp³-hybridized carbons (Fsp3) is 0.364. The van der Waals surface area contributed by atoms with Crippen molar-refractivity contribution in [3.8, 4) is 5.75 Å². The van der Waals surface area contributed by atoms with Gasteiger partial charge in [-0.2, -0.15) is 0 Å². The number of Topliss-reactive ketones (excluding diaryl/α,β-unsaturated/α-hetero) is 1. The summed E-state index contributed by atoms with van der Waals surface area (Å²) in [5, 5.41) is 8.66. The summed E-state index contributed by atoms with van der Waals surface area (Å²) in [5.41, 5.74) is 1.71. The van der Waals surface area contributed by atoms with Gasteiger partial charge in [0.15, 0.2) is 5.78 Å². The van der Waals surface area contributed by atoms with E-state index in [-0.39, 0.29) is 11.5 Å². The number of phenols is 1. The van der Waals surface area contributed by atoms with E-state index >= 15 is 0 Å². The van der Waals surface area contributed by atoms with E-state index in [1.165, 1.54) is 6.92 Å². The summed E-state index contributed by atoms with van der Waals surface area (Å²) < 4.78 is 0. The molecule has 0 aliphatic rings. The molecule has 0 aliphatic carbocycles. The SMILES string of the molecule is CCc1cc(O)ccc1C(Cl)C(C)=O. The molecule has 0 aromatic heterocycles. The van der Waals surface area contributed by atoms with Gasteiger partial charge in [0.25, 0.3) is 0 Å². The van der Waals surface area contributed by atoms with Crippen LogP contribution in [-0.4, -0.2) is 10.9 Å². The highest BCUT2D eigenvalue weighted by molar-refractivity contribution is 6.30. The number of benzene rings is 1. The van der Waals surface area contributed by atoms with E-state index in [1.54, 1.807) is 18.2 Å². The highest BCUT2D eigenvalue weighted by Crippen LogP contribution is 2.27. The lowest BCUT2D eigenvalue weighted by Gasteiger charge is -2.11. The van der Waals surface area contributed by atoms with Gasteiger partial charge in [-0.3, -0.25) is 4.79 Å². The van der Waals surface area contributed by atoms with Gasteiger partial charge in [-0.15, -0.1) is 11.6 Å². The van der Waals surface area contributed by atoms with Gasteiger partial charge < -0.3 is 5.11 Å². The maximum absolute atomic E-state index is 11.1. The van der Waals surface area contributed by atoms with Crippen LogP contribution in [0.15, 0.2) is 18.2 Å². The lowest BCUT2D eigenvalue weighted by molar-refractivity contribution is -0.116. The molecular weight excluding hydrogens is 200 g/mol. The van der Waals surface area contributed by atoms with Gasteiger partial charge in [0.1, 0.15) is 11.1 Å². The van der Waals surface area contributed by atoms with E-state index in [4.69, 9.17) is 11.6 Å². The number of hydrogen-bond acceptors (Lipinski definition) is 2. The minimum atomic E-state index is -0.606. The lowest BCUT2D eigenvalue weighted by atomic mass is 10.00. The maximum atomic E-state index is 11.1. The first kappa shape index (κ1) is 11.1.